The predicted octanol–water partition coefficient (Wildman–Crippen LogP) is 0.887. The molecule has 0 atom stereocenters. The second kappa shape index (κ2) is 7.64. The van der Waals surface area contributed by atoms with E-state index in [-0.39, 0.29) is 6.54 Å². The van der Waals surface area contributed by atoms with E-state index in [0.29, 0.717) is 23.7 Å². The minimum Gasteiger partial charge on any atom is -0.312 e. The van der Waals surface area contributed by atoms with Crippen molar-refractivity contribution in [1.82, 2.24) is 25.2 Å². The predicted molar refractivity (Wildman–Crippen MR) is 81.6 cm³/mol. The first-order valence-corrected chi connectivity index (χ1v) is 9.10. The maximum atomic E-state index is 12.3. The fraction of sp³-hybridized carbons (Fsp3) is 0.500. The third-order valence-electron chi connectivity index (χ3n) is 2.83. The Bertz CT molecular complexity index is 636. The van der Waals surface area contributed by atoms with Gasteiger partial charge in [-0.3, -0.25) is 5.10 Å². The lowest BCUT2D eigenvalue weighted by Crippen LogP contribution is -2.27. The molecular formula is C12H19N5O2S2. The highest BCUT2D eigenvalue weighted by molar-refractivity contribution is 7.89. The Morgan fingerprint density at radius 3 is 2.95 bits per heavy atom. The molecule has 0 bridgehead atoms. The van der Waals surface area contributed by atoms with Gasteiger partial charge in [0.15, 0.2) is 0 Å². The number of sulfonamides is 1. The first-order valence-electron chi connectivity index (χ1n) is 6.74. The van der Waals surface area contributed by atoms with Crippen LogP contribution in [0.2, 0.25) is 0 Å². The Hall–Kier alpha value is -1.29. The molecule has 7 nitrogen and oxygen atoms in total. The van der Waals surface area contributed by atoms with Crippen LogP contribution >= 0.6 is 11.3 Å². The van der Waals surface area contributed by atoms with Crippen molar-refractivity contribution in [3.63, 3.8) is 0 Å². The van der Waals surface area contributed by atoms with Gasteiger partial charge in [-0.15, -0.1) is 11.3 Å². The Morgan fingerprint density at radius 2 is 2.24 bits per heavy atom. The van der Waals surface area contributed by atoms with Gasteiger partial charge in [-0.25, -0.2) is 18.1 Å². The van der Waals surface area contributed by atoms with Gasteiger partial charge in [0.2, 0.25) is 10.0 Å². The summed E-state index contributed by atoms with van der Waals surface area (Å²) in [6.45, 7) is 3.81. The highest BCUT2D eigenvalue weighted by Gasteiger charge is 2.19. The number of aromatic nitrogens is 3. The molecule has 0 radical (unpaired) electrons. The van der Waals surface area contributed by atoms with Gasteiger partial charge in [0.05, 0.1) is 4.90 Å². The van der Waals surface area contributed by atoms with Crippen molar-refractivity contribution in [2.75, 3.05) is 13.1 Å². The average molecular weight is 329 g/mol. The van der Waals surface area contributed by atoms with E-state index in [1.54, 1.807) is 11.4 Å². The van der Waals surface area contributed by atoms with Crippen LogP contribution in [0.3, 0.4) is 0 Å². The molecule has 0 saturated heterocycles. The molecule has 2 heterocycles. The zero-order valence-electron chi connectivity index (χ0n) is 11.8. The van der Waals surface area contributed by atoms with Crippen LogP contribution in [0, 0.1) is 0 Å². The second-order valence-electron chi connectivity index (χ2n) is 4.46. The first kappa shape index (κ1) is 16.1. The molecule has 0 aromatic carbocycles. The highest BCUT2D eigenvalue weighted by Crippen LogP contribution is 2.21. The number of H-pyrrole nitrogens is 1. The SMILES string of the molecule is CCCNCc1sccc1S(=O)(=O)NCCc1ncn[nH]1. The number of aromatic amines is 1. The smallest absolute Gasteiger partial charge is 0.241 e. The lowest BCUT2D eigenvalue weighted by Gasteiger charge is -2.07. The van der Waals surface area contributed by atoms with Crippen LogP contribution in [0.1, 0.15) is 24.0 Å². The summed E-state index contributed by atoms with van der Waals surface area (Å²) in [6.07, 6.45) is 2.90. The molecule has 21 heavy (non-hydrogen) atoms. The van der Waals surface area contributed by atoms with E-state index in [2.05, 4.69) is 32.1 Å². The maximum absolute atomic E-state index is 12.3. The van der Waals surface area contributed by atoms with Gasteiger partial charge in [-0.05, 0) is 24.4 Å². The molecule has 0 amide bonds. The van der Waals surface area contributed by atoms with Gasteiger partial charge in [-0.1, -0.05) is 6.92 Å². The lowest BCUT2D eigenvalue weighted by atomic mass is 10.4. The number of hydrogen-bond acceptors (Lipinski definition) is 6. The molecule has 2 aromatic heterocycles. The van der Waals surface area contributed by atoms with Gasteiger partial charge in [-0.2, -0.15) is 5.10 Å². The molecule has 0 aliphatic rings. The molecule has 0 saturated carbocycles. The number of thiophene rings is 1. The van der Waals surface area contributed by atoms with Crippen LogP contribution in [0.25, 0.3) is 0 Å². The van der Waals surface area contributed by atoms with Crippen molar-refractivity contribution in [2.45, 2.75) is 31.2 Å². The minimum absolute atomic E-state index is 0.287. The number of hydrogen-bond donors (Lipinski definition) is 3. The third kappa shape index (κ3) is 4.60. The summed E-state index contributed by atoms with van der Waals surface area (Å²) >= 11 is 1.45. The third-order valence-corrected chi connectivity index (χ3v) is 5.42. The van der Waals surface area contributed by atoms with Gasteiger partial charge in [0, 0.05) is 24.4 Å². The normalized spacial score (nSPS) is 11.9. The quantitative estimate of drug-likeness (QED) is 0.593. The van der Waals surface area contributed by atoms with E-state index in [1.165, 1.54) is 17.7 Å². The fourth-order valence-electron chi connectivity index (χ4n) is 1.81. The number of nitrogens with zero attached hydrogens (tertiary/aromatic N) is 2. The lowest BCUT2D eigenvalue weighted by molar-refractivity contribution is 0.579. The average Bonchev–Trinajstić information content (AvgIpc) is 3.10. The van der Waals surface area contributed by atoms with E-state index in [1.807, 2.05) is 0 Å². The van der Waals surface area contributed by atoms with Crippen molar-refractivity contribution in [2.24, 2.45) is 0 Å². The zero-order chi connectivity index (χ0) is 15.1. The standard InChI is InChI=1S/C12H19N5O2S2/c1-2-5-13-8-10-11(4-7-20-10)21(18,19)16-6-3-12-14-9-15-17-12/h4,7,9,13,16H,2-3,5-6,8H2,1H3,(H,14,15,17). The van der Waals surface area contributed by atoms with Crippen molar-refractivity contribution in [3.05, 3.63) is 28.5 Å². The Morgan fingerprint density at radius 1 is 1.38 bits per heavy atom. The van der Waals surface area contributed by atoms with Crippen LogP contribution < -0.4 is 10.0 Å². The first-order chi connectivity index (χ1) is 10.1. The summed E-state index contributed by atoms with van der Waals surface area (Å²) in [4.78, 5) is 5.14. The monoisotopic (exact) mass is 329 g/mol. The summed E-state index contributed by atoms with van der Waals surface area (Å²) in [5, 5.41) is 11.4. The van der Waals surface area contributed by atoms with E-state index >= 15 is 0 Å². The van der Waals surface area contributed by atoms with Gasteiger partial charge in [0.25, 0.3) is 0 Å². The number of rotatable bonds is 9. The van der Waals surface area contributed by atoms with Crippen LogP contribution in [0.4, 0.5) is 0 Å². The molecule has 0 spiro atoms. The zero-order valence-corrected chi connectivity index (χ0v) is 13.4. The minimum atomic E-state index is -3.48. The summed E-state index contributed by atoms with van der Waals surface area (Å²) in [5.74, 6) is 0.660. The van der Waals surface area contributed by atoms with Gasteiger partial charge in [0.1, 0.15) is 12.2 Å². The highest BCUT2D eigenvalue weighted by atomic mass is 32.2. The fourth-order valence-corrected chi connectivity index (χ4v) is 4.25. The van der Waals surface area contributed by atoms with Crippen LogP contribution in [-0.4, -0.2) is 36.7 Å². The Kier molecular flexibility index (Phi) is 5.85. The molecule has 3 N–H and O–H groups in total. The molecule has 0 aliphatic heterocycles. The van der Waals surface area contributed by atoms with Crippen molar-refractivity contribution < 1.29 is 8.42 Å². The Balaban J connectivity index is 1.94. The molecule has 0 unspecified atom stereocenters. The van der Waals surface area contributed by atoms with Gasteiger partial charge < -0.3 is 5.32 Å². The molecular weight excluding hydrogens is 310 g/mol. The van der Waals surface area contributed by atoms with E-state index in [4.69, 9.17) is 0 Å². The molecule has 0 fully saturated rings. The van der Waals surface area contributed by atoms with Crippen molar-refractivity contribution in [3.8, 4) is 0 Å². The second-order valence-corrected chi connectivity index (χ2v) is 7.20. The summed E-state index contributed by atoms with van der Waals surface area (Å²) in [5.41, 5.74) is 0. The van der Waals surface area contributed by atoms with E-state index in [9.17, 15) is 8.42 Å². The molecule has 9 heteroatoms. The van der Waals surface area contributed by atoms with Crippen LogP contribution in [-0.2, 0) is 23.0 Å². The van der Waals surface area contributed by atoms with E-state index < -0.39 is 10.0 Å². The van der Waals surface area contributed by atoms with Crippen LogP contribution in [0.15, 0.2) is 22.7 Å². The van der Waals surface area contributed by atoms with Crippen molar-refractivity contribution >= 4 is 21.4 Å². The molecule has 2 aromatic rings. The summed E-state index contributed by atoms with van der Waals surface area (Å²) in [6, 6.07) is 1.64. The Labute approximate surface area is 128 Å². The summed E-state index contributed by atoms with van der Waals surface area (Å²) in [7, 11) is -3.48. The maximum Gasteiger partial charge on any atom is 0.241 e. The largest absolute Gasteiger partial charge is 0.312 e. The topological polar surface area (TPSA) is 99.8 Å². The van der Waals surface area contributed by atoms with E-state index in [0.717, 1.165) is 17.8 Å². The number of nitrogens with one attached hydrogen (secondary N) is 3. The molecule has 0 aliphatic carbocycles. The molecule has 116 valence electrons. The van der Waals surface area contributed by atoms with Crippen LogP contribution in [0.5, 0.6) is 0 Å². The summed E-state index contributed by atoms with van der Waals surface area (Å²) < 4.78 is 27.2. The van der Waals surface area contributed by atoms with Gasteiger partial charge >= 0.3 is 0 Å². The van der Waals surface area contributed by atoms with Crippen molar-refractivity contribution in [1.29, 1.82) is 0 Å². The molecule has 2 rings (SSSR count).